The highest BCUT2D eigenvalue weighted by Gasteiger charge is 2.33. The van der Waals surface area contributed by atoms with Crippen molar-refractivity contribution in [2.45, 2.75) is 26.2 Å². The second-order valence-electron chi connectivity index (χ2n) is 4.79. The van der Waals surface area contributed by atoms with Crippen molar-refractivity contribution in [3.63, 3.8) is 0 Å². The van der Waals surface area contributed by atoms with E-state index in [2.05, 4.69) is 12.2 Å². The molecule has 1 atom stereocenters. The molecule has 1 aliphatic rings. The van der Waals surface area contributed by atoms with Crippen LogP contribution in [0.25, 0.3) is 0 Å². The summed E-state index contributed by atoms with van der Waals surface area (Å²) >= 11 is 0. The van der Waals surface area contributed by atoms with Crippen molar-refractivity contribution in [1.29, 1.82) is 0 Å². The minimum atomic E-state index is 0.348. The van der Waals surface area contributed by atoms with E-state index in [0.29, 0.717) is 18.6 Å². The van der Waals surface area contributed by atoms with Crippen LogP contribution in [0.3, 0.4) is 0 Å². The van der Waals surface area contributed by atoms with Gasteiger partial charge in [-0.15, -0.1) is 0 Å². The number of hydrogen-bond donors (Lipinski definition) is 1. The lowest BCUT2D eigenvalue weighted by atomic mass is 9.82. The lowest BCUT2D eigenvalue weighted by Crippen LogP contribution is -2.35. The van der Waals surface area contributed by atoms with Crippen molar-refractivity contribution in [2.75, 3.05) is 53.2 Å². The smallest absolute Gasteiger partial charge is 0.0700 e. The third-order valence-electron chi connectivity index (χ3n) is 3.36. The second-order valence-corrected chi connectivity index (χ2v) is 4.79. The molecule has 0 radical (unpaired) electrons. The Labute approximate surface area is 105 Å². The maximum absolute atomic E-state index is 5.55. The molecular weight excluding hydrogens is 218 g/mol. The Bertz CT molecular complexity index is 182. The Morgan fingerprint density at radius 2 is 2.18 bits per heavy atom. The number of methoxy groups -OCH3 is 1. The van der Waals surface area contributed by atoms with E-state index in [1.807, 2.05) is 0 Å². The van der Waals surface area contributed by atoms with Crippen LogP contribution in [-0.2, 0) is 14.2 Å². The number of hydrogen-bond acceptors (Lipinski definition) is 4. The highest BCUT2D eigenvalue weighted by molar-refractivity contribution is 4.85. The quantitative estimate of drug-likeness (QED) is 0.591. The van der Waals surface area contributed by atoms with Gasteiger partial charge in [0.2, 0.25) is 0 Å². The average molecular weight is 245 g/mol. The zero-order valence-corrected chi connectivity index (χ0v) is 11.3. The molecule has 1 saturated heterocycles. The van der Waals surface area contributed by atoms with Crippen molar-refractivity contribution in [2.24, 2.45) is 5.41 Å². The molecule has 0 bridgehead atoms. The van der Waals surface area contributed by atoms with Gasteiger partial charge in [-0.25, -0.2) is 0 Å². The Morgan fingerprint density at radius 3 is 2.82 bits per heavy atom. The average Bonchev–Trinajstić information content (AvgIpc) is 2.80. The molecule has 1 rings (SSSR count). The van der Waals surface area contributed by atoms with Gasteiger partial charge in [-0.1, -0.05) is 6.92 Å². The molecule has 1 heterocycles. The van der Waals surface area contributed by atoms with Gasteiger partial charge in [0.1, 0.15) is 0 Å². The highest BCUT2D eigenvalue weighted by Crippen LogP contribution is 2.32. The van der Waals surface area contributed by atoms with Crippen LogP contribution in [0.15, 0.2) is 0 Å². The molecule has 0 saturated carbocycles. The third kappa shape index (κ3) is 5.82. The number of rotatable bonds is 10. The van der Waals surface area contributed by atoms with Crippen LogP contribution in [0, 0.1) is 5.41 Å². The van der Waals surface area contributed by atoms with Crippen LogP contribution < -0.4 is 5.32 Å². The molecule has 0 aromatic heterocycles. The van der Waals surface area contributed by atoms with Crippen LogP contribution in [-0.4, -0.2) is 53.2 Å². The summed E-state index contributed by atoms with van der Waals surface area (Å²) in [4.78, 5) is 0. The second kappa shape index (κ2) is 8.86. The van der Waals surface area contributed by atoms with Gasteiger partial charge in [-0.3, -0.25) is 0 Å². The van der Waals surface area contributed by atoms with Crippen LogP contribution in [0.4, 0.5) is 0 Å². The van der Waals surface area contributed by atoms with Gasteiger partial charge >= 0.3 is 0 Å². The van der Waals surface area contributed by atoms with Crippen molar-refractivity contribution in [3.05, 3.63) is 0 Å². The Morgan fingerprint density at radius 1 is 1.29 bits per heavy atom. The molecule has 17 heavy (non-hydrogen) atoms. The van der Waals surface area contributed by atoms with Crippen molar-refractivity contribution in [3.8, 4) is 0 Å². The minimum Gasteiger partial charge on any atom is -0.382 e. The maximum Gasteiger partial charge on any atom is 0.0700 e. The first-order chi connectivity index (χ1) is 8.33. The largest absolute Gasteiger partial charge is 0.382 e. The fourth-order valence-corrected chi connectivity index (χ4v) is 2.26. The van der Waals surface area contributed by atoms with E-state index in [1.165, 1.54) is 12.8 Å². The van der Waals surface area contributed by atoms with E-state index in [9.17, 15) is 0 Å². The van der Waals surface area contributed by atoms with Gasteiger partial charge in [-0.2, -0.15) is 0 Å². The predicted octanol–water partition coefficient (Wildman–Crippen LogP) is 1.45. The fourth-order valence-electron chi connectivity index (χ4n) is 2.26. The van der Waals surface area contributed by atoms with Crippen LogP contribution >= 0.6 is 0 Å². The van der Waals surface area contributed by atoms with Gasteiger partial charge in [0.05, 0.1) is 19.8 Å². The summed E-state index contributed by atoms with van der Waals surface area (Å²) in [5.74, 6) is 0. The summed E-state index contributed by atoms with van der Waals surface area (Å²) in [5.41, 5.74) is 0.348. The number of nitrogens with one attached hydrogen (secondary N) is 1. The molecule has 1 unspecified atom stereocenters. The Hall–Kier alpha value is -0.160. The van der Waals surface area contributed by atoms with Crippen molar-refractivity contribution < 1.29 is 14.2 Å². The predicted molar refractivity (Wildman–Crippen MR) is 68.3 cm³/mol. The first-order valence-corrected chi connectivity index (χ1v) is 6.68. The molecule has 1 fully saturated rings. The van der Waals surface area contributed by atoms with Crippen LogP contribution in [0.1, 0.15) is 26.2 Å². The van der Waals surface area contributed by atoms with Crippen LogP contribution in [0.2, 0.25) is 0 Å². The minimum absolute atomic E-state index is 0.348. The van der Waals surface area contributed by atoms with E-state index in [4.69, 9.17) is 14.2 Å². The SMILES string of the molecule is CCNCC1(CCCOCCOC)CCOC1. The Kier molecular flexibility index (Phi) is 7.77. The molecular formula is C13H27NO3. The fraction of sp³-hybridized carbons (Fsp3) is 1.00. The van der Waals surface area contributed by atoms with Gasteiger partial charge in [0.25, 0.3) is 0 Å². The molecule has 4 heteroatoms. The van der Waals surface area contributed by atoms with E-state index in [1.54, 1.807) is 7.11 Å². The molecule has 1 N–H and O–H groups in total. The molecule has 4 nitrogen and oxygen atoms in total. The molecule has 0 spiro atoms. The zero-order chi connectivity index (χ0) is 12.4. The van der Waals surface area contributed by atoms with Crippen LogP contribution in [0.5, 0.6) is 0 Å². The molecule has 1 aliphatic heterocycles. The monoisotopic (exact) mass is 245 g/mol. The first kappa shape index (κ1) is 14.9. The summed E-state index contributed by atoms with van der Waals surface area (Å²) in [6.45, 7) is 8.29. The zero-order valence-electron chi connectivity index (χ0n) is 11.3. The van der Waals surface area contributed by atoms with Gasteiger partial charge in [0.15, 0.2) is 0 Å². The van der Waals surface area contributed by atoms with Gasteiger partial charge in [0, 0.05) is 32.3 Å². The summed E-state index contributed by atoms with van der Waals surface area (Å²) in [6, 6.07) is 0. The van der Waals surface area contributed by atoms with E-state index >= 15 is 0 Å². The molecule has 0 aromatic rings. The highest BCUT2D eigenvalue weighted by atomic mass is 16.5. The summed E-state index contributed by atoms with van der Waals surface area (Å²) in [5, 5.41) is 3.45. The molecule has 0 aromatic carbocycles. The normalized spacial score (nSPS) is 24.4. The Balaban J connectivity index is 2.12. The lowest BCUT2D eigenvalue weighted by molar-refractivity contribution is 0.0615. The summed E-state index contributed by atoms with van der Waals surface area (Å²) < 4.78 is 16.0. The number of ether oxygens (including phenoxy) is 3. The van der Waals surface area contributed by atoms with Gasteiger partial charge < -0.3 is 19.5 Å². The summed E-state index contributed by atoms with van der Waals surface area (Å²) in [7, 11) is 1.70. The molecule has 0 aliphatic carbocycles. The maximum atomic E-state index is 5.55. The molecule has 102 valence electrons. The van der Waals surface area contributed by atoms with E-state index in [0.717, 1.165) is 39.3 Å². The topological polar surface area (TPSA) is 39.7 Å². The molecule has 0 amide bonds. The first-order valence-electron chi connectivity index (χ1n) is 6.68. The van der Waals surface area contributed by atoms with Crippen molar-refractivity contribution in [1.82, 2.24) is 5.32 Å². The lowest BCUT2D eigenvalue weighted by Gasteiger charge is -2.27. The van der Waals surface area contributed by atoms with Crippen molar-refractivity contribution >= 4 is 0 Å². The standard InChI is InChI=1S/C13H27NO3/c1-3-14-11-13(6-8-17-12-13)5-4-7-16-10-9-15-2/h14H,3-12H2,1-2H3. The third-order valence-corrected chi connectivity index (χ3v) is 3.36. The van der Waals surface area contributed by atoms with Gasteiger partial charge in [-0.05, 0) is 25.8 Å². The summed E-state index contributed by atoms with van der Waals surface area (Å²) in [6.07, 6.45) is 3.48. The van der Waals surface area contributed by atoms with E-state index < -0.39 is 0 Å². The van der Waals surface area contributed by atoms with E-state index in [-0.39, 0.29) is 0 Å².